The van der Waals surface area contributed by atoms with E-state index < -0.39 is 5.92 Å². The van der Waals surface area contributed by atoms with Crippen molar-refractivity contribution in [3.8, 4) is 5.75 Å². The molecule has 1 heterocycles. The maximum absolute atomic E-state index is 14.2. The molecule has 1 amide bonds. The summed E-state index contributed by atoms with van der Waals surface area (Å²) in [5.74, 6) is -0.236. The molecule has 1 aliphatic heterocycles. The molecule has 250 valence electrons. The van der Waals surface area contributed by atoms with Crippen molar-refractivity contribution in [2.24, 2.45) is 10.8 Å². The van der Waals surface area contributed by atoms with Crippen LogP contribution in [-0.4, -0.2) is 29.0 Å². The molecular formula is C39H39Br2ClN2O4. The summed E-state index contributed by atoms with van der Waals surface area (Å²) in [5.41, 5.74) is 6.45. The second-order valence-corrected chi connectivity index (χ2v) is 16.8. The van der Waals surface area contributed by atoms with Gasteiger partial charge in [-0.15, -0.1) is 0 Å². The Labute approximate surface area is 304 Å². The smallest absolute Gasteiger partial charge is 0.262 e. The molecule has 0 saturated carbocycles. The van der Waals surface area contributed by atoms with Gasteiger partial charge in [0.25, 0.3) is 5.91 Å². The number of aryl methyl sites for hydroxylation is 1. The molecule has 3 aromatic carbocycles. The molecule has 3 aromatic rings. The van der Waals surface area contributed by atoms with Gasteiger partial charge in [0.2, 0.25) is 0 Å². The van der Waals surface area contributed by atoms with Crippen LogP contribution in [0.25, 0.3) is 0 Å². The van der Waals surface area contributed by atoms with E-state index in [0.29, 0.717) is 55.9 Å². The molecule has 6 nitrogen and oxygen atoms in total. The summed E-state index contributed by atoms with van der Waals surface area (Å²) < 4.78 is 7.21. The van der Waals surface area contributed by atoms with E-state index in [4.69, 9.17) is 16.3 Å². The lowest BCUT2D eigenvalue weighted by Crippen LogP contribution is -2.44. The Morgan fingerprint density at radius 1 is 0.875 bits per heavy atom. The van der Waals surface area contributed by atoms with Crippen LogP contribution in [0.2, 0.25) is 5.02 Å². The number of amides is 1. The minimum absolute atomic E-state index is 0.0777. The first-order valence-electron chi connectivity index (χ1n) is 16.1. The zero-order valence-corrected chi connectivity index (χ0v) is 31.7. The van der Waals surface area contributed by atoms with Crippen molar-refractivity contribution in [1.82, 2.24) is 4.90 Å². The molecule has 0 aromatic heterocycles. The van der Waals surface area contributed by atoms with Gasteiger partial charge in [-0.05, 0) is 103 Å². The van der Waals surface area contributed by atoms with Gasteiger partial charge < -0.3 is 15.0 Å². The summed E-state index contributed by atoms with van der Waals surface area (Å²) in [4.78, 5) is 43.5. The van der Waals surface area contributed by atoms with Crippen LogP contribution in [0, 0.1) is 17.8 Å². The van der Waals surface area contributed by atoms with Crippen molar-refractivity contribution in [2.75, 3.05) is 11.9 Å². The largest absolute Gasteiger partial charge is 0.481 e. The number of hydrogen-bond donors (Lipinski definition) is 1. The fourth-order valence-electron chi connectivity index (χ4n) is 7.23. The summed E-state index contributed by atoms with van der Waals surface area (Å²) in [6, 6.07) is 19.4. The van der Waals surface area contributed by atoms with Crippen LogP contribution in [0.4, 0.5) is 5.69 Å². The average Bonchev–Trinajstić information content (AvgIpc) is 2.98. The van der Waals surface area contributed by atoms with E-state index in [2.05, 4.69) is 81.9 Å². The molecule has 0 radical (unpaired) electrons. The molecule has 0 bridgehead atoms. The summed E-state index contributed by atoms with van der Waals surface area (Å²) >= 11 is 13.6. The van der Waals surface area contributed by atoms with Gasteiger partial charge >= 0.3 is 0 Å². The Hall–Kier alpha value is -3.20. The molecule has 48 heavy (non-hydrogen) atoms. The average molecular weight is 795 g/mol. The van der Waals surface area contributed by atoms with Crippen molar-refractivity contribution in [2.45, 2.75) is 72.8 Å². The SMILES string of the molecule is Cc1ccc(NC(=O)COc2c(Br)cc(C3C4=C(CC(C)(C)CC4=O)N(Cc4ccccc4)C4=C3C(=O)CC(C)(C)C4)cc2Br)cc1Cl. The summed E-state index contributed by atoms with van der Waals surface area (Å²) in [5, 5.41) is 3.38. The summed E-state index contributed by atoms with van der Waals surface area (Å²) in [6.45, 7) is 10.8. The van der Waals surface area contributed by atoms with E-state index in [-0.39, 0.29) is 34.9 Å². The van der Waals surface area contributed by atoms with Gasteiger partial charge in [0.05, 0.1) is 8.95 Å². The third-order valence-corrected chi connectivity index (χ3v) is 10.9. The van der Waals surface area contributed by atoms with E-state index >= 15 is 0 Å². The molecule has 0 spiro atoms. The molecule has 6 rings (SSSR count). The van der Waals surface area contributed by atoms with Crippen LogP contribution in [-0.2, 0) is 20.9 Å². The molecule has 0 atom stereocenters. The van der Waals surface area contributed by atoms with Crippen LogP contribution >= 0.6 is 43.5 Å². The highest BCUT2D eigenvalue weighted by Gasteiger charge is 2.49. The highest BCUT2D eigenvalue weighted by Crippen LogP contribution is 2.55. The van der Waals surface area contributed by atoms with Crippen molar-refractivity contribution in [1.29, 1.82) is 0 Å². The predicted molar refractivity (Wildman–Crippen MR) is 197 cm³/mol. The van der Waals surface area contributed by atoms with E-state index in [1.165, 1.54) is 0 Å². The van der Waals surface area contributed by atoms with Gasteiger partial charge in [0.15, 0.2) is 18.2 Å². The van der Waals surface area contributed by atoms with Crippen LogP contribution in [0.3, 0.4) is 0 Å². The highest BCUT2D eigenvalue weighted by molar-refractivity contribution is 9.11. The second-order valence-electron chi connectivity index (χ2n) is 14.7. The van der Waals surface area contributed by atoms with E-state index in [0.717, 1.165) is 40.9 Å². The summed E-state index contributed by atoms with van der Waals surface area (Å²) in [7, 11) is 0. The maximum Gasteiger partial charge on any atom is 0.262 e. The molecular weight excluding hydrogens is 756 g/mol. The zero-order valence-electron chi connectivity index (χ0n) is 27.8. The van der Waals surface area contributed by atoms with Gasteiger partial charge in [0, 0.05) is 58.6 Å². The monoisotopic (exact) mass is 792 g/mol. The van der Waals surface area contributed by atoms with Gasteiger partial charge in [-0.2, -0.15) is 0 Å². The molecule has 0 unspecified atom stereocenters. The molecule has 1 N–H and O–H groups in total. The number of carbonyl (C=O) groups excluding carboxylic acids is 3. The lowest BCUT2D eigenvalue weighted by atomic mass is 9.63. The van der Waals surface area contributed by atoms with Crippen molar-refractivity contribution in [3.05, 3.63) is 114 Å². The molecule has 9 heteroatoms. The van der Waals surface area contributed by atoms with Crippen LogP contribution in [0.15, 0.2) is 92.1 Å². The first kappa shape index (κ1) is 34.7. The van der Waals surface area contributed by atoms with Crippen molar-refractivity contribution in [3.63, 3.8) is 0 Å². The Balaban J connectivity index is 1.39. The highest BCUT2D eigenvalue weighted by atomic mass is 79.9. The van der Waals surface area contributed by atoms with Crippen LogP contribution < -0.4 is 10.1 Å². The zero-order chi connectivity index (χ0) is 34.5. The standard InChI is InChI=1S/C39H39Br2ClN2O4/c1-22-11-12-25(15-28(22)42)43-33(47)21-48-37-26(40)13-24(14-27(37)41)34-35-29(16-38(2,3)18-31(35)45)44(20-23-9-7-6-8-10-23)30-17-39(4,5)19-32(46)36(30)34/h6-15,34H,16-21H2,1-5H3,(H,43,47). The fourth-order valence-corrected chi connectivity index (χ4v) is 8.86. The number of allylic oxidation sites excluding steroid dienone is 4. The first-order valence-corrected chi connectivity index (χ1v) is 18.1. The number of benzene rings is 3. The normalized spacial score (nSPS) is 18.9. The Morgan fingerprint density at radius 3 is 1.98 bits per heavy atom. The number of ether oxygens (including phenoxy) is 1. The van der Waals surface area contributed by atoms with Gasteiger partial charge in [-0.3, -0.25) is 14.4 Å². The quantitative estimate of drug-likeness (QED) is 0.258. The minimum atomic E-state index is -0.509. The Bertz CT molecular complexity index is 1820. The number of nitrogens with zero attached hydrogens (tertiary/aromatic N) is 1. The van der Waals surface area contributed by atoms with Gasteiger partial charge in [-0.25, -0.2) is 0 Å². The third kappa shape index (κ3) is 7.08. The van der Waals surface area contributed by atoms with Crippen LogP contribution in [0.1, 0.15) is 76.0 Å². The fraction of sp³-hybridized carbons (Fsp3) is 0.359. The van der Waals surface area contributed by atoms with Gasteiger partial charge in [0.1, 0.15) is 5.75 Å². The molecule has 2 aliphatic carbocycles. The minimum Gasteiger partial charge on any atom is -0.481 e. The molecule has 0 fully saturated rings. The number of carbonyl (C=O) groups is 3. The lowest BCUT2D eigenvalue weighted by Gasteiger charge is -2.49. The van der Waals surface area contributed by atoms with E-state index in [1.807, 2.05) is 43.3 Å². The van der Waals surface area contributed by atoms with E-state index in [1.54, 1.807) is 12.1 Å². The Morgan fingerprint density at radius 2 is 1.44 bits per heavy atom. The molecule has 3 aliphatic rings. The topological polar surface area (TPSA) is 75.7 Å². The predicted octanol–water partition coefficient (Wildman–Crippen LogP) is 10.1. The van der Waals surface area contributed by atoms with Crippen molar-refractivity contribution < 1.29 is 19.1 Å². The number of ketones is 2. The Kier molecular flexibility index (Phi) is 9.57. The number of halogens is 3. The maximum atomic E-state index is 14.2. The molecule has 0 saturated heterocycles. The summed E-state index contributed by atoms with van der Waals surface area (Å²) in [6.07, 6.45) is 2.28. The van der Waals surface area contributed by atoms with Gasteiger partial charge in [-0.1, -0.05) is 75.7 Å². The van der Waals surface area contributed by atoms with Crippen molar-refractivity contribution >= 4 is 66.6 Å². The third-order valence-electron chi connectivity index (χ3n) is 9.36. The number of hydrogen-bond acceptors (Lipinski definition) is 5. The number of anilines is 1. The first-order chi connectivity index (χ1) is 22.6. The number of nitrogens with one attached hydrogen (secondary N) is 1. The second kappa shape index (κ2) is 13.3. The number of rotatable bonds is 7. The van der Waals surface area contributed by atoms with E-state index in [9.17, 15) is 14.4 Å². The number of Topliss-reactive ketones (excluding diaryl/α,β-unsaturated/α-hetero) is 2. The lowest BCUT2D eigenvalue weighted by molar-refractivity contribution is -0.120. The van der Waals surface area contributed by atoms with Crippen LogP contribution in [0.5, 0.6) is 5.75 Å².